The molecule has 0 aromatic carbocycles. The molecule has 0 fully saturated rings. The Balaban J connectivity index is 0. The fourth-order valence-corrected chi connectivity index (χ4v) is 2.50. The van der Waals surface area contributed by atoms with Crippen LogP contribution in [0, 0.1) is 16.2 Å². The van der Waals surface area contributed by atoms with E-state index in [2.05, 4.69) is 0 Å². The van der Waals surface area contributed by atoms with E-state index in [1.807, 2.05) is 0 Å². The van der Waals surface area contributed by atoms with Gasteiger partial charge >= 0.3 is 63.3 Å². The normalized spacial score (nSPS) is 12.9. The topological polar surface area (TPSA) is 74.6 Å². The molecule has 0 saturated heterocycles. The predicted molar refractivity (Wildman–Crippen MR) is 63.8 cm³/mol. The Hall–Kier alpha value is 0.576. The van der Waals surface area contributed by atoms with E-state index < -0.39 is 28.2 Å². The second-order valence-electron chi connectivity index (χ2n) is 5.86. The first-order chi connectivity index (χ1) is 6.39. The summed E-state index contributed by atoms with van der Waals surface area (Å²) in [5.41, 5.74) is -3.51. The average Bonchev–Trinajstić information content (AvgIpc) is 1.75. The van der Waals surface area contributed by atoms with Gasteiger partial charge in [0.05, 0.1) is 0 Å². The Morgan fingerprint density at radius 2 is 0.938 bits per heavy atom. The molecule has 0 heterocycles. The van der Waals surface area contributed by atoms with Gasteiger partial charge in [-0.05, 0) is 10.8 Å². The molecule has 0 atom stereocenters. The molecule has 90 valence electrons. The molecule has 0 aromatic rings. The zero-order chi connectivity index (χ0) is 12.7. The van der Waals surface area contributed by atoms with Gasteiger partial charge in [-0.3, -0.25) is 9.59 Å². The standard InChI is InChI=1S/C11H20O4.K.H/c1-9(2,3)11(7(12)13,8(14)15)10(4,5)6;;/h1-6H3,(H,12,13)(H,14,15);;. The summed E-state index contributed by atoms with van der Waals surface area (Å²) >= 11 is 0. The van der Waals surface area contributed by atoms with E-state index in [9.17, 15) is 19.8 Å². The summed E-state index contributed by atoms with van der Waals surface area (Å²) in [6.45, 7) is 9.84. The molecule has 0 radical (unpaired) electrons. The molecule has 5 heteroatoms. The molecular formula is C11H21KO4. The summed E-state index contributed by atoms with van der Waals surface area (Å²) in [4.78, 5) is 22.8. The molecule has 16 heavy (non-hydrogen) atoms. The number of carboxylic acids is 2. The molecular weight excluding hydrogens is 235 g/mol. The van der Waals surface area contributed by atoms with Crippen LogP contribution in [0.1, 0.15) is 41.5 Å². The van der Waals surface area contributed by atoms with E-state index >= 15 is 0 Å². The maximum absolute atomic E-state index is 11.4. The fourth-order valence-electron chi connectivity index (χ4n) is 2.50. The SMILES string of the molecule is CC(C)(C)C(C(=O)O)(C(=O)O)C(C)(C)C.[KH]. The van der Waals surface area contributed by atoms with E-state index in [4.69, 9.17) is 0 Å². The van der Waals surface area contributed by atoms with E-state index in [1.54, 1.807) is 41.5 Å². The number of rotatable bonds is 2. The van der Waals surface area contributed by atoms with Gasteiger partial charge in [-0.15, -0.1) is 0 Å². The maximum atomic E-state index is 11.4. The van der Waals surface area contributed by atoms with Crippen molar-refractivity contribution in [3.63, 3.8) is 0 Å². The van der Waals surface area contributed by atoms with Crippen molar-refractivity contribution >= 4 is 63.3 Å². The quantitative estimate of drug-likeness (QED) is 0.581. The van der Waals surface area contributed by atoms with E-state index in [1.165, 1.54) is 0 Å². The van der Waals surface area contributed by atoms with Gasteiger partial charge in [-0.25, -0.2) is 0 Å². The summed E-state index contributed by atoms with van der Waals surface area (Å²) in [5, 5.41) is 18.6. The van der Waals surface area contributed by atoms with Crippen LogP contribution in [0.2, 0.25) is 0 Å². The third-order valence-corrected chi connectivity index (χ3v) is 2.89. The Labute approximate surface area is 139 Å². The van der Waals surface area contributed by atoms with Gasteiger partial charge in [-0.2, -0.15) is 0 Å². The van der Waals surface area contributed by atoms with Crippen LogP contribution in [-0.4, -0.2) is 73.5 Å². The Kier molecular flexibility index (Phi) is 6.48. The van der Waals surface area contributed by atoms with Gasteiger partial charge in [0, 0.05) is 0 Å². The van der Waals surface area contributed by atoms with Gasteiger partial charge in [-0.1, -0.05) is 41.5 Å². The minimum absolute atomic E-state index is 0. The summed E-state index contributed by atoms with van der Waals surface area (Å²) in [5.74, 6) is -2.56. The van der Waals surface area contributed by atoms with E-state index in [0.717, 1.165) is 0 Å². The number of hydrogen-bond donors (Lipinski definition) is 2. The zero-order valence-corrected chi connectivity index (χ0v) is 10.2. The first-order valence-electron chi connectivity index (χ1n) is 4.86. The van der Waals surface area contributed by atoms with Gasteiger partial charge in [0.15, 0.2) is 5.41 Å². The number of aliphatic carboxylic acids is 2. The molecule has 2 N–H and O–H groups in total. The second kappa shape index (κ2) is 5.48. The first-order valence-corrected chi connectivity index (χ1v) is 4.86. The molecule has 0 amide bonds. The third-order valence-electron chi connectivity index (χ3n) is 2.89. The zero-order valence-electron chi connectivity index (χ0n) is 10.2. The molecule has 0 saturated carbocycles. The Morgan fingerprint density at radius 3 is 0.938 bits per heavy atom. The minimum atomic E-state index is -1.79. The molecule has 0 rings (SSSR count). The van der Waals surface area contributed by atoms with Crippen molar-refractivity contribution in [2.45, 2.75) is 41.5 Å². The molecule has 0 aliphatic rings. The summed E-state index contributed by atoms with van der Waals surface area (Å²) < 4.78 is 0. The fraction of sp³-hybridized carbons (Fsp3) is 0.818. The van der Waals surface area contributed by atoms with Crippen molar-refractivity contribution in [1.29, 1.82) is 0 Å². The van der Waals surface area contributed by atoms with Crippen molar-refractivity contribution < 1.29 is 19.8 Å². The Morgan fingerprint density at radius 1 is 0.750 bits per heavy atom. The van der Waals surface area contributed by atoms with Crippen molar-refractivity contribution in [3.8, 4) is 0 Å². The summed E-state index contributed by atoms with van der Waals surface area (Å²) in [6.07, 6.45) is 0. The van der Waals surface area contributed by atoms with Crippen molar-refractivity contribution in [2.75, 3.05) is 0 Å². The van der Waals surface area contributed by atoms with Crippen LogP contribution in [0.4, 0.5) is 0 Å². The molecule has 0 aliphatic heterocycles. The molecule has 0 bridgehead atoms. The van der Waals surface area contributed by atoms with Crippen LogP contribution in [-0.2, 0) is 9.59 Å². The van der Waals surface area contributed by atoms with Crippen molar-refractivity contribution in [2.24, 2.45) is 16.2 Å². The van der Waals surface area contributed by atoms with Gasteiger partial charge < -0.3 is 10.2 Å². The first kappa shape index (κ1) is 18.9. The van der Waals surface area contributed by atoms with Gasteiger partial charge in [0.2, 0.25) is 0 Å². The van der Waals surface area contributed by atoms with Gasteiger partial charge in [0.1, 0.15) is 0 Å². The van der Waals surface area contributed by atoms with E-state index in [-0.39, 0.29) is 51.4 Å². The second-order valence-corrected chi connectivity index (χ2v) is 5.86. The van der Waals surface area contributed by atoms with Crippen LogP contribution in [0.15, 0.2) is 0 Å². The number of carbonyl (C=O) groups is 2. The predicted octanol–water partition coefficient (Wildman–Crippen LogP) is 1.59. The monoisotopic (exact) mass is 256 g/mol. The molecule has 0 spiro atoms. The van der Waals surface area contributed by atoms with Gasteiger partial charge in [0.25, 0.3) is 0 Å². The molecule has 0 unspecified atom stereocenters. The van der Waals surface area contributed by atoms with Crippen LogP contribution >= 0.6 is 0 Å². The van der Waals surface area contributed by atoms with Crippen molar-refractivity contribution in [3.05, 3.63) is 0 Å². The number of carboxylic acid groups (broad SMARTS) is 2. The van der Waals surface area contributed by atoms with Crippen LogP contribution < -0.4 is 0 Å². The van der Waals surface area contributed by atoms with Crippen LogP contribution in [0.5, 0.6) is 0 Å². The van der Waals surface area contributed by atoms with Crippen LogP contribution in [0.25, 0.3) is 0 Å². The molecule has 0 aliphatic carbocycles. The number of hydrogen-bond acceptors (Lipinski definition) is 2. The van der Waals surface area contributed by atoms with E-state index in [0.29, 0.717) is 0 Å². The molecule has 4 nitrogen and oxygen atoms in total. The summed E-state index contributed by atoms with van der Waals surface area (Å²) in [6, 6.07) is 0. The molecule has 0 aromatic heterocycles. The summed E-state index contributed by atoms with van der Waals surface area (Å²) in [7, 11) is 0. The Bertz CT molecular complexity index is 253. The average molecular weight is 256 g/mol. The third kappa shape index (κ3) is 2.87. The van der Waals surface area contributed by atoms with Crippen LogP contribution in [0.3, 0.4) is 0 Å². The van der Waals surface area contributed by atoms with Crippen molar-refractivity contribution in [1.82, 2.24) is 0 Å².